The van der Waals surface area contributed by atoms with Crippen molar-refractivity contribution in [2.75, 3.05) is 18.1 Å². The van der Waals surface area contributed by atoms with Crippen molar-refractivity contribution in [1.82, 2.24) is 10.3 Å². The lowest BCUT2D eigenvalue weighted by atomic mass is 10.1. The van der Waals surface area contributed by atoms with E-state index in [4.69, 9.17) is 4.74 Å². The highest BCUT2D eigenvalue weighted by Gasteiger charge is 2.23. The molecule has 138 valence electrons. The Morgan fingerprint density at radius 2 is 2.08 bits per heavy atom. The number of cyclic esters (lactones) is 1. The van der Waals surface area contributed by atoms with E-state index in [2.05, 4.69) is 24.1 Å². The summed E-state index contributed by atoms with van der Waals surface area (Å²) in [6.45, 7) is 7.58. The summed E-state index contributed by atoms with van der Waals surface area (Å²) in [5.74, 6) is 0.367. The minimum atomic E-state index is -0.315. The summed E-state index contributed by atoms with van der Waals surface area (Å²) in [5, 5.41) is 3.88. The topological polar surface area (TPSA) is 71.5 Å². The second-order valence-electron chi connectivity index (χ2n) is 6.72. The average molecular weight is 373 g/mol. The molecule has 7 heteroatoms. The summed E-state index contributed by atoms with van der Waals surface area (Å²) in [4.78, 5) is 30.9. The molecular formula is C19H23N3O3S. The number of hydrogen-bond donors (Lipinski definition) is 1. The lowest BCUT2D eigenvalue weighted by molar-refractivity contribution is 0.0953. The number of rotatable bonds is 6. The van der Waals surface area contributed by atoms with Crippen molar-refractivity contribution in [2.24, 2.45) is 5.92 Å². The van der Waals surface area contributed by atoms with Gasteiger partial charge in [0.15, 0.2) is 0 Å². The third-order valence-corrected chi connectivity index (χ3v) is 5.09. The first-order valence-electron chi connectivity index (χ1n) is 8.71. The molecule has 1 saturated heterocycles. The molecule has 3 rings (SSSR count). The maximum Gasteiger partial charge on any atom is 0.414 e. The summed E-state index contributed by atoms with van der Waals surface area (Å²) in [7, 11) is 0. The van der Waals surface area contributed by atoms with Crippen LogP contribution in [0.15, 0.2) is 24.3 Å². The normalized spacial score (nSPS) is 14.0. The standard InChI is InChI=1S/C19H23N3O3S/c1-12(2)10-16-17(26-13(3)21-16)18(23)20-11-14-4-6-15(7-5-14)22-8-9-25-19(22)24/h4-7,12H,8-11H2,1-3H3,(H,20,23). The fraction of sp³-hybridized carbons (Fsp3) is 0.421. The number of hydrogen-bond acceptors (Lipinski definition) is 5. The van der Waals surface area contributed by atoms with Crippen LogP contribution in [-0.2, 0) is 17.7 Å². The molecule has 1 fully saturated rings. The van der Waals surface area contributed by atoms with Gasteiger partial charge >= 0.3 is 6.09 Å². The van der Waals surface area contributed by atoms with Gasteiger partial charge in [-0.2, -0.15) is 0 Å². The molecule has 2 amide bonds. The van der Waals surface area contributed by atoms with Crippen LogP contribution in [0.25, 0.3) is 0 Å². The molecule has 0 saturated carbocycles. The van der Waals surface area contributed by atoms with Gasteiger partial charge in [0.05, 0.1) is 17.2 Å². The second-order valence-corrected chi connectivity index (χ2v) is 7.92. The van der Waals surface area contributed by atoms with E-state index in [-0.39, 0.29) is 12.0 Å². The van der Waals surface area contributed by atoms with Crippen LogP contribution in [0.5, 0.6) is 0 Å². The molecule has 0 unspecified atom stereocenters. The molecule has 1 aliphatic rings. The van der Waals surface area contributed by atoms with Crippen LogP contribution in [0, 0.1) is 12.8 Å². The highest BCUT2D eigenvalue weighted by molar-refractivity contribution is 7.13. The molecule has 2 aromatic rings. The number of anilines is 1. The molecule has 0 spiro atoms. The van der Waals surface area contributed by atoms with E-state index in [1.54, 1.807) is 4.90 Å². The molecule has 1 N–H and O–H groups in total. The van der Waals surface area contributed by atoms with Gasteiger partial charge < -0.3 is 10.1 Å². The minimum Gasteiger partial charge on any atom is -0.447 e. The Morgan fingerprint density at radius 3 is 2.69 bits per heavy atom. The number of nitrogens with zero attached hydrogens (tertiary/aromatic N) is 2. The molecular weight excluding hydrogens is 350 g/mol. The zero-order valence-electron chi connectivity index (χ0n) is 15.2. The van der Waals surface area contributed by atoms with E-state index in [1.165, 1.54) is 11.3 Å². The first-order valence-corrected chi connectivity index (χ1v) is 9.53. The number of aromatic nitrogens is 1. The second kappa shape index (κ2) is 7.86. The van der Waals surface area contributed by atoms with Gasteiger partial charge in [0, 0.05) is 12.2 Å². The predicted octanol–water partition coefficient (Wildman–Crippen LogP) is 3.54. The van der Waals surface area contributed by atoms with Crippen molar-refractivity contribution in [3.63, 3.8) is 0 Å². The van der Waals surface area contributed by atoms with Crippen LogP contribution < -0.4 is 10.2 Å². The monoisotopic (exact) mass is 373 g/mol. The fourth-order valence-corrected chi connectivity index (χ4v) is 3.72. The first kappa shape index (κ1) is 18.4. The van der Waals surface area contributed by atoms with Gasteiger partial charge in [0.25, 0.3) is 5.91 Å². The highest BCUT2D eigenvalue weighted by Crippen LogP contribution is 2.22. The zero-order chi connectivity index (χ0) is 18.7. The predicted molar refractivity (Wildman–Crippen MR) is 102 cm³/mol. The average Bonchev–Trinajstić information content (AvgIpc) is 3.18. The van der Waals surface area contributed by atoms with Gasteiger partial charge in [-0.05, 0) is 37.0 Å². The molecule has 2 heterocycles. The largest absolute Gasteiger partial charge is 0.447 e. The van der Waals surface area contributed by atoms with E-state index in [1.807, 2.05) is 31.2 Å². The van der Waals surface area contributed by atoms with Crippen LogP contribution in [-0.4, -0.2) is 30.1 Å². The molecule has 0 atom stereocenters. The Labute approximate surface area is 157 Å². The van der Waals surface area contributed by atoms with E-state index in [0.29, 0.717) is 30.5 Å². The van der Waals surface area contributed by atoms with E-state index in [9.17, 15) is 9.59 Å². The van der Waals surface area contributed by atoms with Gasteiger partial charge in [-0.1, -0.05) is 26.0 Å². The Hall–Kier alpha value is -2.41. The van der Waals surface area contributed by atoms with Gasteiger partial charge in [-0.25, -0.2) is 9.78 Å². The molecule has 0 aliphatic carbocycles. The van der Waals surface area contributed by atoms with Crippen LogP contribution in [0.3, 0.4) is 0 Å². The van der Waals surface area contributed by atoms with E-state index in [0.717, 1.165) is 28.4 Å². The van der Waals surface area contributed by atoms with Crippen LogP contribution in [0.2, 0.25) is 0 Å². The minimum absolute atomic E-state index is 0.0848. The summed E-state index contributed by atoms with van der Waals surface area (Å²) in [6.07, 6.45) is 0.484. The number of thiazole rings is 1. The quantitative estimate of drug-likeness (QED) is 0.841. The van der Waals surface area contributed by atoms with Gasteiger partial charge in [-0.15, -0.1) is 11.3 Å². The summed E-state index contributed by atoms with van der Waals surface area (Å²) < 4.78 is 4.94. The molecule has 1 aliphatic heterocycles. The molecule has 6 nitrogen and oxygen atoms in total. The van der Waals surface area contributed by atoms with Gasteiger partial charge in [0.2, 0.25) is 0 Å². The molecule has 0 radical (unpaired) electrons. The Balaban J connectivity index is 1.62. The fourth-order valence-electron chi connectivity index (χ4n) is 2.86. The number of nitrogens with one attached hydrogen (secondary N) is 1. The number of ether oxygens (including phenoxy) is 1. The Kier molecular flexibility index (Phi) is 5.56. The number of benzene rings is 1. The zero-order valence-corrected chi connectivity index (χ0v) is 16.1. The molecule has 0 bridgehead atoms. The SMILES string of the molecule is Cc1nc(CC(C)C)c(C(=O)NCc2ccc(N3CCOC3=O)cc2)s1. The number of carbonyl (C=O) groups is 2. The molecule has 1 aromatic heterocycles. The van der Waals surface area contributed by atoms with E-state index >= 15 is 0 Å². The third-order valence-electron chi connectivity index (χ3n) is 4.07. The van der Waals surface area contributed by atoms with Crippen molar-refractivity contribution >= 4 is 29.0 Å². The van der Waals surface area contributed by atoms with Gasteiger partial charge in [0.1, 0.15) is 11.5 Å². The number of carbonyl (C=O) groups excluding carboxylic acids is 2. The maximum atomic E-state index is 12.5. The van der Waals surface area contributed by atoms with E-state index < -0.39 is 0 Å². The van der Waals surface area contributed by atoms with Crippen LogP contribution in [0.4, 0.5) is 10.5 Å². The van der Waals surface area contributed by atoms with Crippen molar-refractivity contribution < 1.29 is 14.3 Å². The Morgan fingerprint density at radius 1 is 1.35 bits per heavy atom. The lowest BCUT2D eigenvalue weighted by Crippen LogP contribution is -2.24. The molecule has 1 aromatic carbocycles. The van der Waals surface area contributed by atoms with Crippen molar-refractivity contribution in [3.05, 3.63) is 45.4 Å². The van der Waals surface area contributed by atoms with Crippen molar-refractivity contribution in [2.45, 2.75) is 33.7 Å². The third kappa shape index (κ3) is 4.22. The highest BCUT2D eigenvalue weighted by atomic mass is 32.1. The summed E-state index contributed by atoms with van der Waals surface area (Å²) in [6, 6.07) is 7.56. The van der Waals surface area contributed by atoms with Crippen molar-refractivity contribution in [1.29, 1.82) is 0 Å². The Bertz CT molecular complexity index is 799. The number of amides is 2. The maximum absolute atomic E-state index is 12.5. The lowest BCUT2D eigenvalue weighted by Gasteiger charge is -2.13. The summed E-state index contributed by atoms with van der Waals surface area (Å²) in [5.41, 5.74) is 2.66. The van der Waals surface area contributed by atoms with Crippen LogP contribution in [0.1, 0.15) is 39.8 Å². The van der Waals surface area contributed by atoms with Crippen molar-refractivity contribution in [3.8, 4) is 0 Å². The smallest absolute Gasteiger partial charge is 0.414 e. The van der Waals surface area contributed by atoms with Gasteiger partial charge in [-0.3, -0.25) is 9.69 Å². The first-order chi connectivity index (χ1) is 12.4. The summed E-state index contributed by atoms with van der Waals surface area (Å²) >= 11 is 1.44. The molecule has 26 heavy (non-hydrogen) atoms. The van der Waals surface area contributed by atoms with Crippen LogP contribution >= 0.6 is 11.3 Å². The number of aryl methyl sites for hydroxylation is 1.